The summed E-state index contributed by atoms with van der Waals surface area (Å²) in [7, 11) is -2.41. The largest absolute Gasteiger partial charge is 0.496 e. The lowest BCUT2D eigenvalue weighted by molar-refractivity contribution is 0.0696. The number of pyridine rings is 1. The molecule has 2 heterocycles. The Labute approximate surface area is 139 Å². The zero-order chi connectivity index (χ0) is 17.3. The molecule has 1 aromatic heterocycles. The van der Waals surface area contributed by atoms with E-state index in [0.29, 0.717) is 30.8 Å². The van der Waals surface area contributed by atoms with Gasteiger partial charge in [0.2, 0.25) is 0 Å². The van der Waals surface area contributed by atoms with Crippen LogP contribution in [0, 0.1) is 0 Å². The number of sulfonamides is 1. The first-order valence-electron chi connectivity index (χ1n) is 7.33. The van der Waals surface area contributed by atoms with Gasteiger partial charge in [0.15, 0.2) is 5.03 Å². The van der Waals surface area contributed by atoms with Gasteiger partial charge in [-0.2, -0.15) is 8.42 Å². The number of ether oxygens (including phenoxy) is 1. The van der Waals surface area contributed by atoms with E-state index < -0.39 is 16.0 Å². The van der Waals surface area contributed by atoms with E-state index in [9.17, 15) is 13.2 Å². The maximum absolute atomic E-state index is 13.0. The Morgan fingerprint density at radius 3 is 2.83 bits per heavy atom. The van der Waals surface area contributed by atoms with Gasteiger partial charge in [-0.15, -0.1) is 0 Å². The standard InChI is InChI=1S/C16H16N2O5S/c1-23-14-6-2-5-13-12(14)4-3-9-18(13)24(21,22)15-10-11(16(19)20)7-8-17-15/h2,5-8,10H,3-4,9H2,1H3,(H,19,20). The van der Waals surface area contributed by atoms with E-state index in [4.69, 9.17) is 9.84 Å². The molecule has 0 unspecified atom stereocenters. The van der Waals surface area contributed by atoms with Gasteiger partial charge in [0.25, 0.3) is 10.0 Å². The maximum atomic E-state index is 13.0. The van der Waals surface area contributed by atoms with Gasteiger partial charge in [0.05, 0.1) is 18.4 Å². The molecule has 24 heavy (non-hydrogen) atoms. The second-order valence-corrected chi connectivity index (χ2v) is 7.14. The number of carboxylic acid groups (broad SMARTS) is 1. The predicted octanol–water partition coefficient (Wildman–Crippen LogP) is 1.93. The summed E-state index contributed by atoms with van der Waals surface area (Å²) in [5.41, 5.74) is 1.25. The van der Waals surface area contributed by atoms with Gasteiger partial charge in [0, 0.05) is 18.3 Å². The molecule has 0 fully saturated rings. The van der Waals surface area contributed by atoms with E-state index in [1.807, 2.05) is 0 Å². The Morgan fingerprint density at radius 2 is 2.12 bits per heavy atom. The summed E-state index contributed by atoms with van der Waals surface area (Å²) >= 11 is 0. The second-order valence-electron chi connectivity index (χ2n) is 5.33. The van der Waals surface area contributed by atoms with Crippen molar-refractivity contribution in [3.8, 4) is 5.75 Å². The Morgan fingerprint density at radius 1 is 1.33 bits per heavy atom. The summed E-state index contributed by atoms with van der Waals surface area (Å²) in [4.78, 5) is 14.9. The normalized spacial score (nSPS) is 14.1. The lowest BCUT2D eigenvalue weighted by Gasteiger charge is -2.30. The number of methoxy groups -OCH3 is 1. The van der Waals surface area contributed by atoms with Gasteiger partial charge in [-0.1, -0.05) is 6.07 Å². The van der Waals surface area contributed by atoms with Gasteiger partial charge in [0.1, 0.15) is 5.75 Å². The lowest BCUT2D eigenvalue weighted by atomic mass is 10.0. The van der Waals surface area contributed by atoms with Crippen LogP contribution in [0.3, 0.4) is 0 Å². The van der Waals surface area contributed by atoms with Gasteiger partial charge in [-0.3, -0.25) is 4.31 Å². The van der Waals surface area contributed by atoms with Crippen LogP contribution in [0.4, 0.5) is 5.69 Å². The van der Waals surface area contributed by atoms with Crippen molar-refractivity contribution >= 4 is 21.7 Å². The SMILES string of the molecule is COc1cccc2c1CCCN2S(=O)(=O)c1cc(C(=O)O)ccn1. The minimum absolute atomic E-state index is 0.119. The molecule has 1 aromatic carbocycles. The molecule has 0 saturated heterocycles. The molecule has 0 saturated carbocycles. The van der Waals surface area contributed by atoms with E-state index in [-0.39, 0.29) is 10.6 Å². The molecule has 0 bridgehead atoms. The van der Waals surface area contributed by atoms with Crippen LogP contribution in [-0.2, 0) is 16.4 Å². The smallest absolute Gasteiger partial charge is 0.335 e. The molecular weight excluding hydrogens is 332 g/mol. The number of aromatic carboxylic acids is 1. The van der Waals surface area contributed by atoms with Crippen LogP contribution < -0.4 is 9.04 Å². The number of nitrogens with zero attached hydrogens (tertiary/aromatic N) is 2. The molecule has 0 atom stereocenters. The highest BCUT2D eigenvalue weighted by Gasteiger charge is 2.31. The van der Waals surface area contributed by atoms with Crippen molar-refractivity contribution in [2.45, 2.75) is 17.9 Å². The molecule has 1 aliphatic heterocycles. The summed E-state index contributed by atoms with van der Waals surface area (Å²) < 4.78 is 32.5. The zero-order valence-electron chi connectivity index (χ0n) is 13.0. The Balaban J connectivity index is 2.10. The summed E-state index contributed by atoms with van der Waals surface area (Å²) in [6.45, 7) is 0.307. The van der Waals surface area contributed by atoms with Crippen molar-refractivity contribution in [2.75, 3.05) is 18.0 Å². The molecule has 126 valence electrons. The van der Waals surface area contributed by atoms with Crippen molar-refractivity contribution in [1.82, 2.24) is 4.98 Å². The van der Waals surface area contributed by atoms with Crippen LogP contribution >= 0.6 is 0 Å². The number of anilines is 1. The quantitative estimate of drug-likeness (QED) is 0.907. The van der Waals surface area contributed by atoms with Gasteiger partial charge >= 0.3 is 5.97 Å². The van der Waals surface area contributed by atoms with Crippen molar-refractivity contribution in [2.24, 2.45) is 0 Å². The van der Waals surface area contributed by atoms with Crippen molar-refractivity contribution in [3.05, 3.63) is 47.7 Å². The molecule has 8 heteroatoms. The first kappa shape index (κ1) is 16.3. The minimum atomic E-state index is -3.95. The Hall–Kier alpha value is -2.61. The van der Waals surface area contributed by atoms with Crippen molar-refractivity contribution < 1.29 is 23.1 Å². The van der Waals surface area contributed by atoms with Crippen LogP contribution in [0.15, 0.2) is 41.6 Å². The third-order valence-corrected chi connectivity index (χ3v) is 5.63. The first-order valence-corrected chi connectivity index (χ1v) is 8.77. The Bertz CT molecular complexity index is 895. The molecule has 2 aromatic rings. The first-order chi connectivity index (χ1) is 11.4. The number of rotatable bonds is 4. The third-order valence-electron chi connectivity index (χ3n) is 3.92. The number of hydrogen-bond donors (Lipinski definition) is 1. The van der Waals surface area contributed by atoms with Crippen molar-refractivity contribution in [1.29, 1.82) is 0 Å². The molecule has 0 aliphatic carbocycles. The van der Waals surface area contributed by atoms with Crippen LogP contribution in [-0.4, -0.2) is 38.1 Å². The maximum Gasteiger partial charge on any atom is 0.335 e. The average molecular weight is 348 g/mol. The number of carbonyl (C=O) groups is 1. The highest BCUT2D eigenvalue weighted by Crippen LogP contribution is 2.36. The zero-order valence-corrected chi connectivity index (χ0v) is 13.8. The van der Waals surface area contributed by atoms with Crippen LogP contribution in [0.5, 0.6) is 5.75 Å². The third kappa shape index (κ3) is 2.69. The highest BCUT2D eigenvalue weighted by molar-refractivity contribution is 7.92. The number of benzene rings is 1. The van der Waals surface area contributed by atoms with Crippen molar-refractivity contribution in [3.63, 3.8) is 0 Å². The fourth-order valence-electron chi connectivity index (χ4n) is 2.80. The second kappa shape index (κ2) is 6.12. The number of fused-ring (bicyclic) bond motifs is 1. The number of aromatic nitrogens is 1. The molecule has 3 rings (SSSR count). The summed E-state index contributed by atoms with van der Waals surface area (Å²) in [6.07, 6.45) is 2.55. The van der Waals surface area contributed by atoms with Gasteiger partial charge in [-0.05, 0) is 37.1 Å². The summed E-state index contributed by atoms with van der Waals surface area (Å²) in [5, 5.41) is 8.78. The van der Waals surface area contributed by atoms with Crippen LogP contribution in [0.25, 0.3) is 0 Å². The average Bonchev–Trinajstić information content (AvgIpc) is 2.60. The van der Waals surface area contributed by atoms with E-state index in [0.717, 1.165) is 11.6 Å². The van der Waals surface area contributed by atoms with E-state index in [1.54, 1.807) is 25.3 Å². The summed E-state index contributed by atoms with van der Waals surface area (Å²) in [6, 6.07) is 7.57. The van der Waals surface area contributed by atoms with Gasteiger partial charge < -0.3 is 9.84 Å². The number of hydrogen-bond acceptors (Lipinski definition) is 5. The molecular formula is C16H16N2O5S. The van der Waals surface area contributed by atoms with Gasteiger partial charge in [-0.25, -0.2) is 9.78 Å². The molecule has 0 amide bonds. The Kier molecular flexibility index (Phi) is 4.15. The van der Waals surface area contributed by atoms with E-state index in [2.05, 4.69) is 4.98 Å². The lowest BCUT2D eigenvalue weighted by Crippen LogP contribution is -2.36. The summed E-state index contributed by atoms with van der Waals surface area (Å²) in [5.74, 6) is -0.561. The minimum Gasteiger partial charge on any atom is -0.496 e. The monoisotopic (exact) mass is 348 g/mol. The topological polar surface area (TPSA) is 96.8 Å². The molecule has 0 spiro atoms. The molecule has 1 aliphatic rings. The highest BCUT2D eigenvalue weighted by atomic mass is 32.2. The van der Waals surface area contributed by atoms with E-state index in [1.165, 1.54) is 16.6 Å². The van der Waals surface area contributed by atoms with Crippen LogP contribution in [0.1, 0.15) is 22.3 Å². The van der Waals surface area contributed by atoms with Crippen LogP contribution in [0.2, 0.25) is 0 Å². The molecule has 1 N–H and O–H groups in total. The molecule has 7 nitrogen and oxygen atoms in total. The molecule has 0 radical (unpaired) electrons. The fourth-order valence-corrected chi connectivity index (χ4v) is 4.29. The predicted molar refractivity (Wildman–Crippen MR) is 87.0 cm³/mol. The number of carboxylic acids is 1. The van der Waals surface area contributed by atoms with E-state index >= 15 is 0 Å². The fraction of sp³-hybridized carbons (Fsp3) is 0.250.